The molecule has 0 aromatic heterocycles. The van der Waals surface area contributed by atoms with Gasteiger partial charge in [0.2, 0.25) is 5.91 Å². The molecule has 1 saturated heterocycles. The van der Waals surface area contributed by atoms with Crippen LogP contribution in [0, 0.1) is 11.8 Å². The van der Waals surface area contributed by atoms with Gasteiger partial charge in [0, 0.05) is 6.61 Å². The summed E-state index contributed by atoms with van der Waals surface area (Å²) in [7, 11) is 0. The SMILES string of the molecule is CC(C)OC(=O)[C@@H](NC(=O)C1CCCOC1)C(C)C. The zero-order valence-electron chi connectivity index (χ0n) is 12.3. The summed E-state index contributed by atoms with van der Waals surface area (Å²) < 4.78 is 10.5. The van der Waals surface area contributed by atoms with E-state index in [9.17, 15) is 9.59 Å². The number of hydrogen-bond donors (Lipinski definition) is 1. The molecule has 0 bridgehead atoms. The molecule has 0 spiro atoms. The van der Waals surface area contributed by atoms with Gasteiger partial charge in [-0.05, 0) is 32.6 Å². The third-order valence-electron chi connectivity index (χ3n) is 3.10. The van der Waals surface area contributed by atoms with E-state index in [1.54, 1.807) is 13.8 Å². The van der Waals surface area contributed by atoms with E-state index in [1.165, 1.54) is 0 Å². The zero-order valence-corrected chi connectivity index (χ0v) is 12.3. The van der Waals surface area contributed by atoms with Gasteiger partial charge in [-0.3, -0.25) is 4.79 Å². The summed E-state index contributed by atoms with van der Waals surface area (Å²) in [4.78, 5) is 24.0. The highest BCUT2D eigenvalue weighted by molar-refractivity contribution is 5.86. The van der Waals surface area contributed by atoms with E-state index in [2.05, 4.69) is 5.32 Å². The summed E-state index contributed by atoms with van der Waals surface area (Å²) in [5.74, 6) is -0.629. The molecule has 2 atom stereocenters. The summed E-state index contributed by atoms with van der Waals surface area (Å²) in [5, 5.41) is 2.80. The predicted octanol–water partition coefficient (Wildman–Crippen LogP) is 1.51. The Balaban J connectivity index is 2.57. The van der Waals surface area contributed by atoms with Crippen LogP contribution >= 0.6 is 0 Å². The molecule has 1 amide bonds. The Morgan fingerprint density at radius 3 is 2.42 bits per heavy atom. The molecular formula is C14H25NO4. The fraction of sp³-hybridized carbons (Fsp3) is 0.857. The van der Waals surface area contributed by atoms with Crippen LogP contribution in [0.3, 0.4) is 0 Å². The van der Waals surface area contributed by atoms with Gasteiger partial charge in [-0.2, -0.15) is 0 Å². The van der Waals surface area contributed by atoms with Crippen molar-refractivity contribution in [1.82, 2.24) is 5.32 Å². The van der Waals surface area contributed by atoms with E-state index in [0.717, 1.165) is 12.8 Å². The number of nitrogens with one attached hydrogen (secondary N) is 1. The Labute approximate surface area is 115 Å². The molecule has 0 saturated carbocycles. The molecule has 1 unspecified atom stereocenters. The first-order valence-electron chi connectivity index (χ1n) is 7.00. The van der Waals surface area contributed by atoms with E-state index >= 15 is 0 Å². The van der Waals surface area contributed by atoms with Crippen LogP contribution < -0.4 is 5.32 Å². The van der Waals surface area contributed by atoms with Crippen LogP contribution in [0.1, 0.15) is 40.5 Å². The first-order valence-corrected chi connectivity index (χ1v) is 7.00. The van der Waals surface area contributed by atoms with Gasteiger partial charge in [0.1, 0.15) is 6.04 Å². The molecule has 5 nitrogen and oxygen atoms in total. The van der Waals surface area contributed by atoms with E-state index in [-0.39, 0.29) is 29.8 Å². The summed E-state index contributed by atoms with van der Waals surface area (Å²) in [6.07, 6.45) is 1.53. The van der Waals surface area contributed by atoms with Crippen molar-refractivity contribution in [3.63, 3.8) is 0 Å². The maximum Gasteiger partial charge on any atom is 0.329 e. The minimum absolute atomic E-state index is 0.000270. The Morgan fingerprint density at radius 1 is 1.26 bits per heavy atom. The quantitative estimate of drug-likeness (QED) is 0.770. The normalized spacial score (nSPS) is 21.3. The fourth-order valence-corrected chi connectivity index (χ4v) is 2.02. The van der Waals surface area contributed by atoms with Crippen molar-refractivity contribution >= 4 is 11.9 Å². The minimum Gasteiger partial charge on any atom is -0.461 e. The minimum atomic E-state index is -0.586. The summed E-state index contributed by atoms with van der Waals surface area (Å²) in [6.45, 7) is 8.54. The van der Waals surface area contributed by atoms with Gasteiger partial charge in [-0.25, -0.2) is 4.79 Å². The van der Waals surface area contributed by atoms with Crippen LogP contribution in [0.4, 0.5) is 0 Å². The van der Waals surface area contributed by atoms with Crippen molar-refractivity contribution in [3.8, 4) is 0 Å². The summed E-state index contributed by atoms with van der Waals surface area (Å²) >= 11 is 0. The number of carbonyl (C=O) groups excluding carboxylic acids is 2. The van der Waals surface area contributed by atoms with Crippen molar-refractivity contribution in [2.45, 2.75) is 52.7 Å². The van der Waals surface area contributed by atoms with Gasteiger partial charge in [0.05, 0.1) is 18.6 Å². The Kier molecular flexibility index (Phi) is 6.28. The number of rotatable bonds is 5. The van der Waals surface area contributed by atoms with Gasteiger partial charge in [0.25, 0.3) is 0 Å². The van der Waals surface area contributed by atoms with Crippen LogP contribution in [-0.4, -0.2) is 37.2 Å². The topological polar surface area (TPSA) is 64.6 Å². The molecule has 0 aliphatic carbocycles. The molecule has 1 aliphatic rings. The smallest absolute Gasteiger partial charge is 0.329 e. The maximum atomic E-state index is 12.1. The van der Waals surface area contributed by atoms with Crippen molar-refractivity contribution in [2.75, 3.05) is 13.2 Å². The Bertz CT molecular complexity index is 309. The van der Waals surface area contributed by atoms with Gasteiger partial charge in [-0.1, -0.05) is 13.8 Å². The standard InChI is InChI=1S/C14H25NO4/c1-9(2)12(14(17)19-10(3)4)15-13(16)11-6-5-7-18-8-11/h9-12H,5-8H2,1-4H3,(H,15,16)/t11?,12-/m0/s1. The highest BCUT2D eigenvalue weighted by atomic mass is 16.5. The first-order chi connectivity index (χ1) is 8.91. The molecule has 1 N–H and O–H groups in total. The summed E-state index contributed by atoms with van der Waals surface area (Å²) in [5.41, 5.74) is 0. The first kappa shape index (κ1) is 16.0. The lowest BCUT2D eigenvalue weighted by atomic mass is 9.99. The molecular weight excluding hydrogens is 246 g/mol. The second kappa shape index (κ2) is 7.48. The average Bonchev–Trinajstić information content (AvgIpc) is 2.35. The molecule has 1 rings (SSSR count). The van der Waals surface area contributed by atoms with Crippen LogP contribution in [0.5, 0.6) is 0 Å². The Morgan fingerprint density at radius 2 is 1.95 bits per heavy atom. The van der Waals surface area contributed by atoms with E-state index in [0.29, 0.717) is 13.2 Å². The van der Waals surface area contributed by atoms with Gasteiger partial charge < -0.3 is 14.8 Å². The van der Waals surface area contributed by atoms with Gasteiger partial charge in [-0.15, -0.1) is 0 Å². The second-order valence-electron chi connectivity index (χ2n) is 5.63. The second-order valence-corrected chi connectivity index (χ2v) is 5.63. The maximum absolute atomic E-state index is 12.1. The lowest BCUT2D eigenvalue weighted by Gasteiger charge is -2.26. The molecule has 110 valence electrons. The summed E-state index contributed by atoms with van der Waals surface area (Å²) in [6, 6.07) is -0.586. The van der Waals surface area contributed by atoms with Crippen molar-refractivity contribution < 1.29 is 19.1 Å². The van der Waals surface area contributed by atoms with E-state index in [1.807, 2.05) is 13.8 Å². The average molecular weight is 271 g/mol. The number of hydrogen-bond acceptors (Lipinski definition) is 4. The van der Waals surface area contributed by atoms with Crippen molar-refractivity contribution in [3.05, 3.63) is 0 Å². The molecule has 1 fully saturated rings. The van der Waals surface area contributed by atoms with Crippen LogP contribution in [0.15, 0.2) is 0 Å². The van der Waals surface area contributed by atoms with Crippen LogP contribution in [0.2, 0.25) is 0 Å². The lowest BCUT2D eigenvalue weighted by molar-refractivity contribution is -0.153. The number of ether oxygens (including phenoxy) is 2. The monoisotopic (exact) mass is 271 g/mol. The number of carbonyl (C=O) groups is 2. The number of esters is 1. The third kappa shape index (κ3) is 5.19. The highest BCUT2D eigenvalue weighted by Gasteiger charge is 2.30. The van der Waals surface area contributed by atoms with Crippen LogP contribution in [0.25, 0.3) is 0 Å². The molecule has 0 aromatic carbocycles. The van der Waals surface area contributed by atoms with Crippen molar-refractivity contribution in [1.29, 1.82) is 0 Å². The molecule has 5 heteroatoms. The zero-order chi connectivity index (χ0) is 14.4. The predicted molar refractivity (Wildman–Crippen MR) is 71.5 cm³/mol. The third-order valence-corrected chi connectivity index (χ3v) is 3.10. The van der Waals surface area contributed by atoms with E-state index in [4.69, 9.17) is 9.47 Å². The lowest BCUT2D eigenvalue weighted by Crippen LogP contribution is -2.49. The van der Waals surface area contributed by atoms with Crippen LogP contribution in [-0.2, 0) is 19.1 Å². The van der Waals surface area contributed by atoms with Gasteiger partial charge in [0.15, 0.2) is 0 Å². The molecule has 0 aromatic rings. The molecule has 1 heterocycles. The largest absolute Gasteiger partial charge is 0.461 e. The molecule has 0 radical (unpaired) electrons. The van der Waals surface area contributed by atoms with Crippen molar-refractivity contribution in [2.24, 2.45) is 11.8 Å². The Hall–Kier alpha value is -1.10. The highest BCUT2D eigenvalue weighted by Crippen LogP contribution is 2.15. The molecule has 1 aliphatic heterocycles. The van der Waals surface area contributed by atoms with E-state index < -0.39 is 6.04 Å². The number of amides is 1. The van der Waals surface area contributed by atoms with Gasteiger partial charge >= 0.3 is 5.97 Å². The fourth-order valence-electron chi connectivity index (χ4n) is 2.02. The molecule has 19 heavy (non-hydrogen) atoms.